The van der Waals surface area contributed by atoms with Gasteiger partial charge < -0.3 is 15.4 Å². The number of carbonyl (C=O) groups excluding carboxylic acids is 3. The Balaban J connectivity index is 1.60. The number of hydrogen-bond donors (Lipinski definition) is 1. The Morgan fingerprint density at radius 1 is 1.27 bits per heavy atom. The molecule has 0 aromatic carbocycles. The number of rotatable bonds is 5. The fraction of sp³-hybridized carbons (Fsp3) is 0.545. The van der Waals surface area contributed by atoms with Crippen molar-refractivity contribution in [2.75, 3.05) is 13.2 Å². The largest absolute Gasteiger partial charge is 0.366 e. The Bertz CT molecular complexity index is 1070. The average molecular weight is 490 g/mol. The molecule has 2 N–H and O–H groups in total. The summed E-state index contributed by atoms with van der Waals surface area (Å²) in [6, 6.07) is 2.83. The van der Waals surface area contributed by atoms with Crippen LogP contribution in [0, 0.1) is 5.92 Å². The van der Waals surface area contributed by atoms with Crippen LogP contribution in [-0.2, 0) is 14.3 Å². The summed E-state index contributed by atoms with van der Waals surface area (Å²) in [6.45, 7) is 0.196. The van der Waals surface area contributed by atoms with E-state index in [0.717, 1.165) is 43.4 Å². The minimum atomic E-state index is -0.680. The quantitative estimate of drug-likeness (QED) is 0.637. The third-order valence-electron chi connectivity index (χ3n) is 6.76. The Hall–Kier alpha value is -2.43. The first kappa shape index (κ1) is 22.4. The molecule has 4 atom stereocenters. The third kappa shape index (κ3) is 4.04. The van der Waals surface area contributed by atoms with E-state index in [0.29, 0.717) is 16.3 Å². The molecule has 4 heterocycles. The van der Waals surface area contributed by atoms with Gasteiger partial charge in [0.1, 0.15) is 24.4 Å². The molecule has 174 valence electrons. The number of likely N-dealkylation sites (tertiary alicyclic amines) is 1. The lowest BCUT2D eigenvalue weighted by atomic mass is 9.77. The molecule has 0 unspecified atom stereocenters. The van der Waals surface area contributed by atoms with E-state index in [1.54, 1.807) is 23.2 Å². The number of Topliss-reactive ketones (excluding diaryl/α,β-unsaturated/α-hetero) is 1. The lowest BCUT2D eigenvalue weighted by Gasteiger charge is -2.33. The molecule has 2 saturated heterocycles. The Morgan fingerprint density at radius 2 is 2.06 bits per heavy atom. The topological polar surface area (TPSA) is 128 Å². The maximum Gasteiger partial charge on any atom is 0.277 e. The number of carbonyl (C=O) groups is 3. The van der Waals surface area contributed by atoms with Crippen LogP contribution in [0.5, 0.6) is 0 Å². The van der Waals surface area contributed by atoms with Crippen molar-refractivity contribution in [2.24, 2.45) is 11.7 Å². The minimum Gasteiger partial charge on any atom is -0.366 e. The van der Waals surface area contributed by atoms with Gasteiger partial charge in [0.15, 0.2) is 10.8 Å². The van der Waals surface area contributed by atoms with E-state index in [1.807, 2.05) is 0 Å². The summed E-state index contributed by atoms with van der Waals surface area (Å²) in [5.41, 5.74) is 6.56. The highest BCUT2D eigenvalue weighted by atomic mass is 35.5. The maximum absolute atomic E-state index is 14.1. The summed E-state index contributed by atoms with van der Waals surface area (Å²) >= 11 is 7.58. The van der Waals surface area contributed by atoms with Gasteiger partial charge in [-0.2, -0.15) is 5.10 Å². The molecule has 9 nitrogen and oxygen atoms in total. The number of ketones is 1. The smallest absolute Gasteiger partial charge is 0.277 e. The summed E-state index contributed by atoms with van der Waals surface area (Å²) in [5.74, 6) is -1.61. The van der Waals surface area contributed by atoms with E-state index in [9.17, 15) is 14.4 Å². The second-order valence-corrected chi connectivity index (χ2v) is 10.3. The number of ether oxygens (including phenoxy) is 1. The molecule has 3 aliphatic rings. The molecule has 11 heteroatoms. The van der Waals surface area contributed by atoms with E-state index in [1.165, 1.54) is 0 Å². The van der Waals surface area contributed by atoms with Crippen molar-refractivity contribution in [2.45, 2.75) is 55.5 Å². The lowest BCUT2D eigenvalue weighted by Crippen LogP contribution is -2.46. The molecule has 1 saturated carbocycles. The molecular weight excluding hydrogens is 466 g/mol. The number of alkyl halides is 1. The predicted octanol–water partition coefficient (Wildman–Crippen LogP) is 2.15. The molecule has 33 heavy (non-hydrogen) atoms. The zero-order valence-electron chi connectivity index (χ0n) is 17.9. The first-order chi connectivity index (χ1) is 16.0. The zero-order valence-corrected chi connectivity index (χ0v) is 19.4. The van der Waals surface area contributed by atoms with Crippen molar-refractivity contribution >= 4 is 40.5 Å². The summed E-state index contributed by atoms with van der Waals surface area (Å²) in [5, 5.41) is 7.81. The van der Waals surface area contributed by atoms with Crippen LogP contribution in [-0.4, -0.2) is 68.4 Å². The van der Waals surface area contributed by atoms with Gasteiger partial charge in [-0.3, -0.25) is 14.4 Å². The molecule has 5 rings (SSSR count). The predicted molar refractivity (Wildman–Crippen MR) is 121 cm³/mol. The Kier molecular flexibility index (Phi) is 6.15. The summed E-state index contributed by atoms with van der Waals surface area (Å²) < 4.78 is 5.57. The van der Waals surface area contributed by atoms with Gasteiger partial charge in [-0.1, -0.05) is 19.3 Å². The monoisotopic (exact) mass is 489 g/mol. The van der Waals surface area contributed by atoms with Gasteiger partial charge in [-0.25, -0.2) is 4.98 Å². The van der Waals surface area contributed by atoms with Crippen LogP contribution in [0.15, 0.2) is 18.3 Å². The molecule has 2 aliphatic heterocycles. The van der Waals surface area contributed by atoms with Crippen LogP contribution >= 0.6 is 22.9 Å². The van der Waals surface area contributed by atoms with Crippen LogP contribution in [0.25, 0.3) is 10.6 Å². The number of halogens is 1. The molecule has 2 aromatic rings. The van der Waals surface area contributed by atoms with E-state index < -0.39 is 29.3 Å². The van der Waals surface area contributed by atoms with Gasteiger partial charge in [0.05, 0.1) is 21.9 Å². The molecule has 0 bridgehead atoms. The Labute approximate surface area is 199 Å². The second-order valence-electron chi connectivity index (χ2n) is 8.78. The molecular formula is C22H24ClN5O4S. The first-order valence-corrected chi connectivity index (χ1v) is 12.4. The fourth-order valence-electron chi connectivity index (χ4n) is 5.27. The van der Waals surface area contributed by atoms with Crippen molar-refractivity contribution in [3.05, 3.63) is 29.0 Å². The molecule has 1 aliphatic carbocycles. The fourth-order valence-corrected chi connectivity index (χ4v) is 6.55. The van der Waals surface area contributed by atoms with Crippen LogP contribution in [0.2, 0.25) is 0 Å². The molecule has 0 spiro atoms. The van der Waals surface area contributed by atoms with Crippen LogP contribution in [0.1, 0.15) is 53.5 Å². The van der Waals surface area contributed by atoms with E-state index in [-0.39, 0.29) is 35.8 Å². The molecule has 0 radical (unpaired) electrons. The number of amides is 2. The normalized spacial score (nSPS) is 26.4. The van der Waals surface area contributed by atoms with Crippen molar-refractivity contribution in [3.8, 4) is 10.6 Å². The van der Waals surface area contributed by atoms with Crippen LogP contribution < -0.4 is 5.73 Å². The van der Waals surface area contributed by atoms with Crippen LogP contribution in [0.4, 0.5) is 0 Å². The van der Waals surface area contributed by atoms with Crippen molar-refractivity contribution in [1.29, 1.82) is 0 Å². The highest BCUT2D eigenvalue weighted by molar-refractivity contribution is 7.17. The molecule has 3 fully saturated rings. The number of aromatic nitrogens is 3. The first-order valence-electron chi connectivity index (χ1n) is 11.1. The van der Waals surface area contributed by atoms with E-state index in [4.69, 9.17) is 22.1 Å². The highest BCUT2D eigenvalue weighted by Crippen LogP contribution is 2.44. The van der Waals surface area contributed by atoms with Gasteiger partial charge in [-0.15, -0.1) is 28.0 Å². The van der Waals surface area contributed by atoms with E-state index in [2.05, 4.69) is 15.2 Å². The van der Waals surface area contributed by atoms with Gasteiger partial charge in [0, 0.05) is 12.7 Å². The molecule has 2 aromatic heterocycles. The third-order valence-corrected chi connectivity index (χ3v) is 8.25. The van der Waals surface area contributed by atoms with Gasteiger partial charge in [0.2, 0.25) is 5.91 Å². The summed E-state index contributed by atoms with van der Waals surface area (Å²) in [7, 11) is 0. The van der Waals surface area contributed by atoms with Gasteiger partial charge in [0.25, 0.3) is 5.91 Å². The summed E-state index contributed by atoms with van der Waals surface area (Å²) in [4.78, 5) is 45.4. The van der Waals surface area contributed by atoms with Crippen LogP contribution in [0.3, 0.4) is 0 Å². The zero-order chi connectivity index (χ0) is 23.1. The number of primary amides is 1. The number of fused-ring (bicyclic) bond motifs is 1. The van der Waals surface area contributed by atoms with Gasteiger partial charge >= 0.3 is 0 Å². The number of nitrogens with two attached hydrogens (primary N) is 1. The SMILES string of the molecule is NC(=O)c1nc([C@@H](C(=O)N2C[C@H](Cl)[C@H]3OCC(=O)[C@H]32)C2CCCCC2)c(-c2cccnn2)s1. The lowest BCUT2D eigenvalue weighted by molar-refractivity contribution is -0.139. The van der Waals surface area contributed by atoms with Crippen molar-refractivity contribution in [1.82, 2.24) is 20.1 Å². The average Bonchev–Trinajstić information content (AvgIpc) is 3.52. The van der Waals surface area contributed by atoms with Crippen molar-refractivity contribution in [3.63, 3.8) is 0 Å². The highest BCUT2D eigenvalue weighted by Gasteiger charge is 2.53. The second kappa shape index (κ2) is 9.08. The number of thiazole rings is 1. The number of hydrogen-bond acceptors (Lipinski definition) is 8. The standard InChI is InChI=1S/C22H24ClN5O4S/c23-12-9-28(17-14(29)10-32-18(12)17)22(31)15(11-5-2-1-3-6-11)16-19(13-7-4-8-25-27-13)33-21(26-16)20(24)30/h4,7-8,11-12,15,17-18H,1-3,5-6,9-10H2,(H2,24,30)/t12-,15-,17+,18+/m0/s1. The Morgan fingerprint density at radius 3 is 2.76 bits per heavy atom. The minimum absolute atomic E-state index is 0.0229. The maximum atomic E-state index is 14.1. The summed E-state index contributed by atoms with van der Waals surface area (Å²) in [6.07, 6.45) is 5.91. The van der Waals surface area contributed by atoms with Gasteiger partial charge in [-0.05, 0) is 30.9 Å². The van der Waals surface area contributed by atoms with E-state index >= 15 is 0 Å². The van der Waals surface area contributed by atoms with Crippen molar-refractivity contribution < 1.29 is 19.1 Å². The molecule has 2 amide bonds. The number of nitrogens with zero attached hydrogens (tertiary/aromatic N) is 4.